The molecule has 0 saturated carbocycles. The molecule has 0 aliphatic heterocycles. The van der Waals surface area contributed by atoms with Crippen molar-refractivity contribution in [1.29, 1.82) is 0 Å². The van der Waals surface area contributed by atoms with Crippen LogP contribution < -0.4 is 14.3 Å². The fourth-order valence-electron chi connectivity index (χ4n) is 3.71. The molecule has 0 fully saturated rings. The Morgan fingerprint density at radius 3 is 2.02 bits per heavy atom. The zero-order valence-corrected chi connectivity index (χ0v) is 25.0. The molecule has 0 aliphatic rings. The van der Waals surface area contributed by atoms with Crippen LogP contribution in [0, 0.1) is 6.92 Å². The third-order valence-corrected chi connectivity index (χ3v) is 10.5. The molecule has 0 atom stereocenters. The Bertz CT molecular complexity index is 1740. The Hall–Kier alpha value is -3.51. The lowest BCUT2D eigenvalue weighted by Crippen LogP contribution is -2.26. The maximum atomic E-state index is 13.0. The number of nitrogens with one attached hydrogen (secondary N) is 2. The predicted molar refractivity (Wildman–Crippen MR) is 162 cm³/mol. The molecule has 4 aromatic carbocycles. The topological polar surface area (TPSA) is 113 Å². The first-order valence-corrected chi connectivity index (χ1v) is 16.4. The van der Waals surface area contributed by atoms with Gasteiger partial charge >= 0.3 is 0 Å². The van der Waals surface area contributed by atoms with Crippen LogP contribution in [0.2, 0.25) is 5.02 Å². The molecule has 208 valence electrons. The zero-order valence-electron chi connectivity index (χ0n) is 21.8. The molecule has 40 heavy (non-hydrogen) atoms. The van der Waals surface area contributed by atoms with E-state index >= 15 is 0 Å². The molecule has 0 bridgehead atoms. The summed E-state index contributed by atoms with van der Waals surface area (Å²) in [4.78, 5) is 13.9. The van der Waals surface area contributed by atoms with Crippen molar-refractivity contribution >= 4 is 66.4 Å². The van der Waals surface area contributed by atoms with E-state index in [1.165, 1.54) is 55.2 Å². The van der Waals surface area contributed by atoms with Crippen molar-refractivity contribution in [3.63, 3.8) is 0 Å². The van der Waals surface area contributed by atoms with Crippen LogP contribution in [0.15, 0.2) is 106 Å². The van der Waals surface area contributed by atoms with Crippen LogP contribution in [0.1, 0.15) is 15.9 Å². The minimum Gasteiger partial charge on any atom is -0.322 e. The largest absolute Gasteiger partial charge is 0.322 e. The van der Waals surface area contributed by atoms with Gasteiger partial charge in [-0.2, -0.15) is 0 Å². The standard InChI is InChI=1S/C28H26ClN3O5S3/c1-19-26(29)5-4-6-27(19)31-39(34,35)24-15-9-21(10-16-24)30-28(33)20-7-11-22(12-8-20)32(2)40(36,37)25-17-13-23(38-3)14-18-25/h4-18,31H,1-3H3,(H,30,33). The van der Waals surface area contributed by atoms with Crippen molar-refractivity contribution in [2.75, 3.05) is 27.6 Å². The fraction of sp³-hybridized carbons (Fsp3) is 0.107. The van der Waals surface area contributed by atoms with Crippen LogP contribution in [0.4, 0.5) is 17.1 Å². The van der Waals surface area contributed by atoms with E-state index < -0.39 is 26.0 Å². The van der Waals surface area contributed by atoms with Gasteiger partial charge in [0.05, 0.1) is 21.2 Å². The lowest BCUT2D eigenvalue weighted by molar-refractivity contribution is 0.102. The molecule has 0 saturated heterocycles. The molecule has 1 amide bonds. The van der Waals surface area contributed by atoms with Gasteiger partial charge in [0.1, 0.15) is 0 Å². The average molecular weight is 616 g/mol. The summed E-state index contributed by atoms with van der Waals surface area (Å²) < 4.78 is 55.3. The van der Waals surface area contributed by atoms with Gasteiger partial charge in [0.25, 0.3) is 26.0 Å². The third-order valence-electron chi connectivity index (χ3n) is 6.15. The fourth-order valence-corrected chi connectivity index (χ4v) is 6.61. The molecule has 0 aromatic heterocycles. The Labute approximate surface area is 243 Å². The Balaban J connectivity index is 1.43. The zero-order chi connectivity index (χ0) is 29.1. The Morgan fingerprint density at radius 2 is 1.43 bits per heavy atom. The van der Waals surface area contributed by atoms with Crippen molar-refractivity contribution in [1.82, 2.24) is 0 Å². The molecule has 4 aromatic rings. The number of hydrogen-bond donors (Lipinski definition) is 2. The number of carbonyl (C=O) groups is 1. The van der Waals surface area contributed by atoms with Gasteiger partial charge in [-0.15, -0.1) is 11.8 Å². The lowest BCUT2D eigenvalue weighted by Gasteiger charge is -2.20. The van der Waals surface area contributed by atoms with Gasteiger partial charge < -0.3 is 5.32 Å². The SMILES string of the molecule is CSc1ccc(S(=O)(=O)N(C)c2ccc(C(=O)Nc3ccc(S(=O)(=O)Nc4cccc(Cl)c4C)cc3)cc2)cc1. The first-order chi connectivity index (χ1) is 18.9. The number of hydrogen-bond acceptors (Lipinski definition) is 6. The minimum absolute atomic E-state index is 0.0153. The van der Waals surface area contributed by atoms with Crippen LogP contribution in [0.5, 0.6) is 0 Å². The van der Waals surface area contributed by atoms with E-state index in [1.807, 2.05) is 6.26 Å². The van der Waals surface area contributed by atoms with Gasteiger partial charge in [0, 0.05) is 28.2 Å². The maximum Gasteiger partial charge on any atom is 0.264 e. The number of carbonyl (C=O) groups excluding carboxylic acids is 1. The van der Waals surface area contributed by atoms with Crippen LogP contribution in [0.3, 0.4) is 0 Å². The summed E-state index contributed by atoms with van der Waals surface area (Å²) in [5.41, 5.74) is 2.06. The second kappa shape index (κ2) is 11.9. The molecule has 4 rings (SSSR count). The molecule has 0 heterocycles. The normalized spacial score (nSPS) is 11.6. The lowest BCUT2D eigenvalue weighted by atomic mass is 10.2. The first kappa shape index (κ1) is 29.5. The van der Waals surface area contributed by atoms with Gasteiger partial charge in [0.2, 0.25) is 0 Å². The number of thioether (sulfide) groups is 1. The second-order valence-electron chi connectivity index (χ2n) is 8.69. The molecule has 0 radical (unpaired) electrons. The van der Waals surface area contributed by atoms with Crippen molar-refractivity contribution in [3.8, 4) is 0 Å². The van der Waals surface area contributed by atoms with E-state index in [0.29, 0.717) is 33.2 Å². The van der Waals surface area contributed by atoms with Gasteiger partial charge in [-0.25, -0.2) is 16.8 Å². The summed E-state index contributed by atoms with van der Waals surface area (Å²) in [5.74, 6) is -0.437. The number of sulfonamides is 2. The predicted octanol–water partition coefficient (Wildman–Crippen LogP) is 6.25. The highest BCUT2D eigenvalue weighted by Crippen LogP contribution is 2.27. The van der Waals surface area contributed by atoms with Gasteiger partial charge in [-0.1, -0.05) is 17.7 Å². The molecule has 2 N–H and O–H groups in total. The number of halogens is 1. The Morgan fingerprint density at radius 1 is 0.825 bits per heavy atom. The monoisotopic (exact) mass is 615 g/mol. The second-order valence-corrected chi connectivity index (χ2v) is 13.6. The molecule has 0 aliphatic carbocycles. The average Bonchev–Trinajstić information content (AvgIpc) is 2.95. The number of amides is 1. The quantitative estimate of drug-likeness (QED) is 0.215. The molecule has 0 spiro atoms. The van der Waals surface area contributed by atoms with Crippen LogP contribution in [0.25, 0.3) is 0 Å². The molecule has 8 nitrogen and oxygen atoms in total. The van der Waals surface area contributed by atoms with E-state index in [1.54, 1.807) is 61.5 Å². The smallest absolute Gasteiger partial charge is 0.264 e. The number of benzene rings is 4. The minimum atomic E-state index is -3.87. The first-order valence-electron chi connectivity index (χ1n) is 11.8. The van der Waals surface area contributed by atoms with E-state index in [4.69, 9.17) is 11.6 Å². The Kier molecular flexibility index (Phi) is 8.79. The highest BCUT2D eigenvalue weighted by molar-refractivity contribution is 7.98. The van der Waals surface area contributed by atoms with Crippen LogP contribution in [-0.2, 0) is 20.0 Å². The van der Waals surface area contributed by atoms with Crippen molar-refractivity contribution in [2.24, 2.45) is 0 Å². The van der Waals surface area contributed by atoms with Crippen molar-refractivity contribution in [2.45, 2.75) is 21.6 Å². The van der Waals surface area contributed by atoms with Gasteiger partial charge in [-0.3, -0.25) is 13.8 Å². The van der Waals surface area contributed by atoms with Gasteiger partial charge in [-0.05, 0) is 104 Å². The van der Waals surface area contributed by atoms with E-state index in [-0.39, 0.29) is 9.79 Å². The van der Waals surface area contributed by atoms with E-state index in [9.17, 15) is 21.6 Å². The summed E-state index contributed by atoms with van der Waals surface area (Å²) in [6.45, 7) is 1.71. The molecular formula is C28H26ClN3O5S3. The molecular weight excluding hydrogens is 590 g/mol. The summed E-state index contributed by atoms with van der Waals surface area (Å²) in [7, 11) is -6.20. The third kappa shape index (κ3) is 6.44. The van der Waals surface area contributed by atoms with Gasteiger partial charge in [0.15, 0.2) is 0 Å². The maximum absolute atomic E-state index is 13.0. The summed E-state index contributed by atoms with van der Waals surface area (Å²) >= 11 is 7.60. The van der Waals surface area contributed by atoms with Crippen molar-refractivity contribution in [3.05, 3.63) is 107 Å². The highest BCUT2D eigenvalue weighted by Gasteiger charge is 2.22. The summed E-state index contributed by atoms with van der Waals surface area (Å²) in [5, 5.41) is 3.16. The van der Waals surface area contributed by atoms with E-state index in [2.05, 4.69) is 10.0 Å². The highest BCUT2D eigenvalue weighted by atomic mass is 35.5. The molecule has 0 unspecified atom stereocenters. The van der Waals surface area contributed by atoms with Crippen molar-refractivity contribution < 1.29 is 21.6 Å². The summed E-state index contributed by atoms with van der Waals surface area (Å²) in [6.07, 6.45) is 1.91. The number of anilines is 3. The molecule has 12 heteroatoms. The van der Waals surface area contributed by atoms with Crippen LogP contribution in [-0.4, -0.2) is 36.0 Å². The van der Waals surface area contributed by atoms with Crippen LogP contribution >= 0.6 is 23.4 Å². The number of rotatable bonds is 9. The summed E-state index contributed by atoms with van der Waals surface area (Å²) in [6, 6.07) is 23.4. The van der Waals surface area contributed by atoms with E-state index in [0.717, 1.165) is 9.20 Å². The number of nitrogens with zero attached hydrogens (tertiary/aromatic N) is 1.